The third-order valence-corrected chi connectivity index (χ3v) is 5.72. The van der Waals surface area contributed by atoms with Crippen LogP contribution in [0.3, 0.4) is 0 Å². The summed E-state index contributed by atoms with van der Waals surface area (Å²) in [5, 5.41) is 24.8. The highest BCUT2D eigenvalue weighted by molar-refractivity contribution is 6.41. The molecule has 3 rings (SSSR count). The third kappa shape index (κ3) is 10.6. The number of likely N-dealkylation sites (tertiary alicyclic amines) is 1. The van der Waals surface area contributed by atoms with Gasteiger partial charge in [0.25, 0.3) is 0 Å². The first-order chi connectivity index (χ1) is 20.6. The number of hydrogen-bond donors (Lipinski definition) is 4. The number of alkyl halides is 6. The van der Waals surface area contributed by atoms with Crippen LogP contribution >= 0.6 is 0 Å². The molecule has 1 aliphatic heterocycles. The third-order valence-electron chi connectivity index (χ3n) is 5.72. The first-order valence-corrected chi connectivity index (χ1v) is 12.7. The van der Waals surface area contributed by atoms with Gasteiger partial charge in [0.15, 0.2) is 11.5 Å². The molecule has 240 valence electrons. The highest BCUT2D eigenvalue weighted by Gasteiger charge is 2.54. The number of amidine groups is 2. The average molecular weight is 635 g/mol. The van der Waals surface area contributed by atoms with Gasteiger partial charge in [-0.05, 0) is 43.2 Å². The number of benzene rings is 2. The van der Waals surface area contributed by atoms with E-state index in [0.29, 0.717) is 28.5 Å². The molecule has 0 atom stereocenters. The Labute approximate surface area is 246 Å². The Morgan fingerprint density at radius 1 is 0.773 bits per heavy atom. The zero-order chi connectivity index (χ0) is 33.1. The van der Waals surface area contributed by atoms with E-state index >= 15 is 0 Å². The van der Waals surface area contributed by atoms with Gasteiger partial charge in [0.1, 0.15) is 31.5 Å². The van der Waals surface area contributed by atoms with Crippen LogP contribution in [-0.4, -0.2) is 91.1 Å². The Hall–Kier alpha value is -4.67. The molecule has 44 heavy (non-hydrogen) atoms. The fourth-order valence-electron chi connectivity index (χ4n) is 3.58. The lowest BCUT2D eigenvalue weighted by molar-refractivity contribution is -0.193. The fraction of sp³-hybridized carbons (Fsp3) is 0.370. The standard InChI is InChI=1S/C23H28N4O5.C4F6O2/c24-21(25)18-7-8-19(30-12-11-28)20(15-18)31-13-14-32-23(29)17-5-3-16(4-6-17)22(26)27-9-1-2-10-27;5-3(6,7)1(11)2(12)4(8,9)10/h3-8,15,26,28H,1-2,9-14H2,(H3,24,25);. The van der Waals surface area contributed by atoms with Gasteiger partial charge in [-0.1, -0.05) is 12.1 Å². The number of ketones is 2. The Morgan fingerprint density at radius 2 is 1.27 bits per heavy atom. The summed E-state index contributed by atoms with van der Waals surface area (Å²) in [7, 11) is 0. The first kappa shape index (κ1) is 35.5. The molecule has 1 saturated heterocycles. The lowest BCUT2D eigenvalue weighted by atomic mass is 10.1. The smallest absolute Gasteiger partial charge is 0.458 e. The summed E-state index contributed by atoms with van der Waals surface area (Å²) in [6, 6.07) is 11.6. The van der Waals surface area contributed by atoms with E-state index < -0.39 is 29.9 Å². The fourth-order valence-corrected chi connectivity index (χ4v) is 3.58. The van der Waals surface area contributed by atoms with Crippen LogP contribution in [0.2, 0.25) is 0 Å². The molecule has 0 aromatic heterocycles. The maximum atomic E-state index is 12.3. The molecule has 1 aliphatic rings. The number of nitrogens with one attached hydrogen (secondary N) is 2. The highest BCUT2D eigenvalue weighted by atomic mass is 19.4. The zero-order valence-electron chi connectivity index (χ0n) is 22.9. The number of Topliss-reactive ketones (excluding diaryl/α,β-unsaturated/α-hetero) is 2. The number of nitrogens with two attached hydrogens (primary N) is 1. The number of nitrogen functional groups attached to an aromatic ring is 1. The number of aliphatic hydroxyl groups is 1. The second-order valence-electron chi connectivity index (χ2n) is 8.91. The summed E-state index contributed by atoms with van der Waals surface area (Å²) in [5.74, 6) is -6.20. The number of aliphatic hydroxyl groups excluding tert-OH is 1. The molecule has 0 radical (unpaired) electrons. The first-order valence-electron chi connectivity index (χ1n) is 12.7. The Morgan fingerprint density at radius 3 is 1.77 bits per heavy atom. The molecule has 0 unspecified atom stereocenters. The molecule has 0 amide bonds. The topological polar surface area (TPSA) is 176 Å². The maximum absolute atomic E-state index is 12.3. The number of ether oxygens (including phenoxy) is 3. The van der Waals surface area contributed by atoms with Gasteiger partial charge < -0.3 is 30.0 Å². The molecule has 0 bridgehead atoms. The van der Waals surface area contributed by atoms with Crippen molar-refractivity contribution in [3.05, 3.63) is 59.2 Å². The Balaban J connectivity index is 0.000000477. The summed E-state index contributed by atoms with van der Waals surface area (Å²) >= 11 is 0. The second-order valence-corrected chi connectivity index (χ2v) is 8.91. The van der Waals surface area contributed by atoms with E-state index in [4.69, 9.17) is 35.9 Å². The molecule has 17 heteroatoms. The van der Waals surface area contributed by atoms with E-state index in [0.717, 1.165) is 31.5 Å². The van der Waals surface area contributed by atoms with E-state index in [9.17, 15) is 40.7 Å². The van der Waals surface area contributed by atoms with Crippen molar-refractivity contribution in [2.75, 3.05) is 39.5 Å². The van der Waals surface area contributed by atoms with Gasteiger partial charge >= 0.3 is 29.9 Å². The van der Waals surface area contributed by atoms with Gasteiger partial charge in [-0.3, -0.25) is 20.4 Å². The van der Waals surface area contributed by atoms with E-state index in [1.165, 1.54) is 0 Å². The van der Waals surface area contributed by atoms with E-state index in [-0.39, 0.29) is 32.3 Å². The predicted octanol–water partition coefficient (Wildman–Crippen LogP) is 3.25. The van der Waals surface area contributed by atoms with Gasteiger partial charge in [-0.25, -0.2) is 4.79 Å². The quantitative estimate of drug-likeness (QED) is 0.0722. The largest absolute Gasteiger partial charge is 0.487 e. The minimum Gasteiger partial charge on any atom is -0.487 e. The van der Waals surface area contributed by atoms with Crippen LogP contribution in [0.25, 0.3) is 0 Å². The molecule has 5 N–H and O–H groups in total. The number of rotatable bonds is 11. The van der Waals surface area contributed by atoms with Gasteiger partial charge in [0.2, 0.25) is 0 Å². The normalized spacial score (nSPS) is 12.9. The van der Waals surface area contributed by atoms with Crippen LogP contribution in [0, 0.1) is 10.8 Å². The van der Waals surface area contributed by atoms with E-state index in [2.05, 4.69) is 0 Å². The number of carbonyl (C=O) groups excluding carboxylic acids is 3. The number of carbonyl (C=O) groups is 3. The van der Waals surface area contributed by atoms with Gasteiger partial charge in [-0.15, -0.1) is 0 Å². The summed E-state index contributed by atoms with van der Waals surface area (Å²) in [4.78, 5) is 33.6. The van der Waals surface area contributed by atoms with Crippen molar-refractivity contribution in [2.45, 2.75) is 25.2 Å². The van der Waals surface area contributed by atoms with Crippen LogP contribution in [-0.2, 0) is 14.3 Å². The SMILES string of the molecule is N=C(N)c1ccc(OCCO)c(OCCOC(=O)c2ccc(C(=N)N3CCCC3)cc2)c1.O=C(C(=O)C(F)(F)F)C(F)(F)F. The summed E-state index contributed by atoms with van der Waals surface area (Å²) in [6.07, 6.45) is -9.34. The molecule has 11 nitrogen and oxygen atoms in total. The number of hydrogen-bond acceptors (Lipinski definition) is 9. The van der Waals surface area contributed by atoms with Gasteiger partial charge in [0, 0.05) is 24.2 Å². The summed E-state index contributed by atoms with van der Waals surface area (Å²) in [6.45, 7) is 1.81. The lowest BCUT2D eigenvalue weighted by Gasteiger charge is -2.18. The molecule has 2 aromatic rings. The van der Waals surface area contributed by atoms with E-state index in [1.807, 2.05) is 4.90 Å². The molecule has 1 heterocycles. The van der Waals surface area contributed by atoms with Gasteiger partial charge in [-0.2, -0.15) is 26.3 Å². The molecule has 0 saturated carbocycles. The molecule has 0 spiro atoms. The van der Waals surface area contributed by atoms with E-state index in [1.54, 1.807) is 42.5 Å². The molecule has 0 aliphatic carbocycles. The predicted molar refractivity (Wildman–Crippen MR) is 142 cm³/mol. The summed E-state index contributed by atoms with van der Waals surface area (Å²) < 4.78 is 83.3. The second kappa shape index (κ2) is 15.7. The van der Waals surface area contributed by atoms with Crippen molar-refractivity contribution >= 4 is 29.2 Å². The Bertz CT molecular complexity index is 1320. The van der Waals surface area contributed by atoms with Crippen molar-refractivity contribution in [1.29, 1.82) is 10.8 Å². The summed E-state index contributed by atoms with van der Waals surface area (Å²) in [5.41, 5.74) is 7.15. The van der Waals surface area contributed by atoms with Crippen LogP contribution in [0.1, 0.15) is 34.3 Å². The van der Waals surface area contributed by atoms with Crippen molar-refractivity contribution in [2.24, 2.45) is 5.73 Å². The van der Waals surface area contributed by atoms with Gasteiger partial charge in [0.05, 0.1) is 12.2 Å². The monoisotopic (exact) mass is 634 g/mol. The van der Waals surface area contributed by atoms with Crippen LogP contribution < -0.4 is 15.2 Å². The molecule has 1 fully saturated rings. The molecular weight excluding hydrogens is 606 g/mol. The van der Waals surface area contributed by atoms with Crippen LogP contribution in [0.5, 0.6) is 11.5 Å². The van der Waals surface area contributed by atoms with Crippen molar-refractivity contribution in [1.82, 2.24) is 4.90 Å². The highest BCUT2D eigenvalue weighted by Crippen LogP contribution is 2.28. The average Bonchev–Trinajstić information content (AvgIpc) is 3.52. The minimum atomic E-state index is -5.77. The van der Waals surface area contributed by atoms with Crippen LogP contribution in [0.15, 0.2) is 42.5 Å². The Kier molecular flexibility index (Phi) is 12.7. The zero-order valence-corrected chi connectivity index (χ0v) is 22.9. The lowest BCUT2D eigenvalue weighted by Crippen LogP contribution is -2.39. The van der Waals surface area contributed by atoms with Crippen LogP contribution in [0.4, 0.5) is 26.3 Å². The number of esters is 1. The van der Waals surface area contributed by atoms with Crippen molar-refractivity contribution in [3.63, 3.8) is 0 Å². The number of nitrogens with zero attached hydrogens (tertiary/aromatic N) is 1. The van der Waals surface area contributed by atoms with Crippen molar-refractivity contribution in [3.8, 4) is 11.5 Å². The molecular formula is C27H28F6N4O7. The number of halogens is 6. The van der Waals surface area contributed by atoms with Crippen molar-refractivity contribution < 1.29 is 60.0 Å². The minimum absolute atomic E-state index is 0.00786. The maximum Gasteiger partial charge on any atom is 0.458 e. The molecule has 2 aromatic carbocycles.